The van der Waals surface area contributed by atoms with Crippen LogP contribution < -0.4 is 5.32 Å². The number of aromatic hydroxyl groups is 1. The van der Waals surface area contributed by atoms with Crippen molar-refractivity contribution in [3.63, 3.8) is 0 Å². The van der Waals surface area contributed by atoms with Gasteiger partial charge in [0.2, 0.25) is 0 Å². The highest BCUT2D eigenvalue weighted by molar-refractivity contribution is 6.30. The summed E-state index contributed by atoms with van der Waals surface area (Å²) in [5.41, 5.74) is 0.340. The molecule has 0 aromatic heterocycles. The van der Waals surface area contributed by atoms with E-state index in [0.29, 0.717) is 22.4 Å². The highest BCUT2D eigenvalue weighted by Gasteiger charge is 2.38. The standard InChI is InChI=1S/C13H15ClN2O2/c14-10-1-2-11(12(17)3-10)13(18)16-6-8-4-15-5-9(8)7-16/h1-3,8-9,15,17H,4-7H2. The Kier molecular flexibility index (Phi) is 2.92. The van der Waals surface area contributed by atoms with E-state index in [4.69, 9.17) is 11.6 Å². The van der Waals surface area contributed by atoms with E-state index < -0.39 is 0 Å². The average Bonchev–Trinajstić information content (AvgIpc) is 2.87. The van der Waals surface area contributed by atoms with Crippen LogP contribution in [0.25, 0.3) is 0 Å². The van der Waals surface area contributed by atoms with Gasteiger partial charge in [-0.3, -0.25) is 4.79 Å². The molecule has 2 aliphatic heterocycles. The number of fused-ring (bicyclic) bond motifs is 1. The molecular weight excluding hydrogens is 252 g/mol. The first-order valence-corrected chi connectivity index (χ1v) is 6.51. The number of likely N-dealkylation sites (tertiary alicyclic amines) is 1. The van der Waals surface area contributed by atoms with Crippen molar-refractivity contribution in [2.45, 2.75) is 0 Å². The highest BCUT2D eigenvalue weighted by atomic mass is 35.5. The van der Waals surface area contributed by atoms with E-state index in [9.17, 15) is 9.90 Å². The van der Waals surface area contributed by atoms with Crippen molar-refractivity contribution >= 4 is 17.5 Å². The van der Waals surface area contributed by atoms with Gasteiger partial charge in [0.15, 0.2) is 0 Å². The van der Waals surface area contributed by atoms with Gasteiger partial charge in [-0.05, 0) is 30.0 Å². The van der Waals surface area contributed by atoms with Crippen molar-refractivity contribution < 1.29 is 9.90 Å². The van der Waals surface area contributed by atoms with E-state index in [1.807, 2.05) is 4.90 Å². The minimum Gasteiger partial charge on any atom is -0.507 e. The number of nitrogens with one attached hydrogen (secondary N) is 1. The molecule has 18 heavy (non-hydrogen) atoms. The van der Waals surface area contributed by atoms with Gasteiger partial charge in [0.25, 0.3) is 5.91 Å². The van der Waals surface area contributed by atoms with Crippen molar-refractivity contribution in [1.82, 2.24) is 10.2 Å². The molecule has 2 unspecified atom stereocenters. The number of phenols is 1. The van der Waals surface area contributed by atoms with Crippen LogP contribution in [0.5, 0.6) is 5.75 Å². The van der Waals surface area contributed by atoms with Gasteiger partial charge < -0.3 is 15.3 Å². The van der Waals surface area contributed by atoms with Gasteiger partial charge in [0.05, 0.1) is 5.56 Å². The van der Waals surface area contributed by atoms with Gasteiger partial charge >= 0.3 is 0 Å². The molecule has 0 bridgehead atoms. The molecule has 2 N–H and O–H groups in total. The Balaban J connectivity index is 1.79. The van der Waals surface area contributed by atoms with Crippen molar-refractivity contribution in [2.24, 2.45) is 11.8 Å². The fourth-order valence-corrected chi connectivity index (χ4v) is 3.04. The SMILES string of the molecule is O=C(c1ccc(Cl)cc1O)N1CC2CNCC2C1. The largest absolute Gasteiger partial charge is 0.507 e. The molecule has 2 aliphatic rings. The number of carbonyl (C=O) groups excluding carboxylic acids is 1. The predicted octanol–water partition coefficient (Wildman–Crippen LogP) is 1.34. The zero-order valence-corrected chi connectivity index (χ0v) is 10.7. The lowest BCUT2D eigenvalue weighted by Crippen LogP contribution is -2.31. The second kappa shape index (κ2) is 4.44. The third kappa shape index (κ3) is 1.95. The monoisotopic (exact) mass is 266 g/mol. The Hall–Kier alpha value is -1.26. The second-order valence-corrected chi connectivity index (χ2v) is 5.49. The number of hydrogen-bond donors (Lipinski definition) is 2. The topological polar surface area (TPSA) is 52.6 Å². The highest BCUT2D eigenvalue weighted by Crippen LogP contribution is 2.30. The van der Waals surface area contributed by atoms with Crippen LogP contribution in [0.3, 0.4) is 0 Å². The first-order chi connectivity index (χ1) is 8.65. The van der Waals surface area contributed by atoms with E-state index in [2.05, 4.69) is 5.32 Å². The molecule has 0 radical (unpaired) electrons. The summed E-state index contributed by atoms with van der Waals surface area (Å²) in [6.07, 6.45) is 0. The van der Waals surface area contributed by atoms with E-state index >= 15 is 0 Å². The molecule has 1 amide bonds. The van der Waals surface area contributed by atoms with E-state index in [-0.39, 0.29) is 11.7 Å². The molecule has 2 saturated heterocycles. The zero-order valence-electron chi connectivity index (χ0n) is 9.90. The third-order valence-electron chi connectivity index (χ3n) is 3.87. The molecule has 4 nitrogen and oxygen atoms in total. The van der Waals surface area contributed by atoms with Crippen LogP contribution in [0.1, 0.15) is 10.4 Å². The van der Waals surface area contributed by atoms with Gasteiger partial charge in [0.1, 0.15) is 5.75 Å². The molecule has 96 valence electrons. The molecule has 0 saturated carbocycles. The lowest BCUT2D eigenvalue weighted by atomic mass is 10.0. The number of rotatable bonds is 1. The van der Waals surface area contributed by atoms with Crippen LogP contribution in [0.4, 0.5) is 0 Å². The summed E-state index contributed by atoms with van der Waals surface area (Å²) in [6, 6.07) is 4.63. The lowest BCUT2D eigenvalue weighted by Gasteiger charge is -2.18. The summed E-state index contributed by atoms with van der Waals surface area (Å²) in [4.78, 5) is 14.1. The summed E-state index contributed by atoms with van der Waals surface area (Å²) >= 11 is 5.77. The number of phenolic OH excluding ortho intramolecular Hbond substituents is 1. The molecule has 0 spiro atoms. The minimum absolute atomic E-state index is 0.0392. The molecule has 2 heterocycles. The molecular formula is C13H15ClN2O2. The number of halogens is 1. The molecule has 1 aromatic carbocycles. The van der Waals surface area contributed by atoms with E-state index in [1.165, 1.54) is 6.07 Å². The average molecular weight is 267 g/mol. The smallest absolute Gasteiger partial charge is 0.257 e. The second-order valence-electron chi connectivity index (χ2n) is 5.05. The van der Waals surface area contributed by atoms with Gasteiger partial charge in [-0.1, -0.05) is 11.6 Å². The minimum atomic E-state index is -0.0985. The first-order valence-electron chi connectivity index (χ1n) is 6.13. The van der Waals surface area contributed by atoms with Crippen LogP contribution in [-0.2, 0) is 0 Å². The fourth-order valence-electron chi connectivity index (χ4n) is 2.88. The number of carbonyl (C=O) groups is 1. The number of benzene rings is 1. The van der Waals surface area contributed by atoms with Crippen molar-refractivity contribution in [1.29, 1.82) is 0 Å². The number of hydrogen-bond acceptors (Lipinski definition) is 3. The predicted molar refractivity (Wildman–Crippen MR) is 68.9 cm³/mol. The normalized spacial score (nSPS) is 26.4. The summed E-state index contributed by atoms with van der Waals surface area (Å²) in [6.45, 7) is 3.53. The van der Waals surface area contributed by atoms with Crippen molar-refractivity contribution in [2.75, 3.05) is 26.2 Å². The fraction of sp³-hybridized carbons (Fsp3) is 0.462. The van der Waals surface area contributed by atoms with E-state index in [0.717, 1.165) is 26.2 Å². The summed E-state index contributed by atoms with van der Waals surface area (Å²) in [5.74, 6) is 0.980. The maximum absolute atomic E-state index is 12.3. The zero-order chi connectivity index (χ0) is 12.7. The Morgan fingerprint density at radius 2 is 2.00 bits per heavy atom. The van der Waals surface area contributed by atoms with Gasteiger partial charge in [-0.25, -0.2) is 0 Å². The molecule has 2 fully saturated rings. The third-order valence-corrected chi connectivity index (χ3v) is 4.10. The maximum Gasteiger partial charge on any atom is 0.257 e. The molecule has 2 atom stereocenters. The van der Waals surface area contributed by atoms with Gasteiger partial charge in [-0.2, -0.15) is 0 Å². The van der Waals surface area contributed by atoms with E-state index in [1.54, 1.807) is 12.1 Å². The number of amides is 1. The van der Waals surface area contributed by atoms with Crippen LogP contribution in [0.2, 0.25) is 5.02 Å². The van der Waals surface area contributed by atoms with Crippen LogP contribution in [0.15, 0.2) is 18.2 Å². The summed E-state index contributed by atoms with van der Waals surface area (Å²) < 4.78 is 0. The Labute approximate surface area is 111 Å². The summed E-state index contributed by atoms with van der Waals surface area (Å²) in [5, 5.41) is 13.6. The van der Waals surface area contributed by atoms with Gasteiger partial charge in [-0.15, -0.1) is 0 Å². The first kappa shape index (κ1) is 11.8. The molecule has 3 rings (SSSR count). The lowest BCUT2D eigenvalue weighted by molar-refractivity contribution is 0.0778. The van der Waals surface area contributed by atoms with Crippen LogP contribution in [0, 0.1) is 11.8 Å². The Morgan fingerprint density at radius 3 is 2.61 bits per heavy atom. The maximum atomic E-state index is 12.3. The molecule has 5 heteroatoms. The Morgan fingerprint density at radius 1 is 1.33 bits per heavy atom. The van der Waals surface area contributed by atoms with Crippen LogP contribution in [-0.4, -0.2) is 42.1 Å². The van der Waals surface area contributed by atoms with Crippen LogP contribution >= 0.6 is 11.6 Å². The molecule has 1 aromatic rings. The molecule has 0 aliphatic carbocycles. The van der Waals surface area contributed by atoms with Crippen molar-refractivity contribution in [3.8, 4) is 5.75 Å². The van der Waals surface area contributed by atoms with Gasteiger partial charge in [0, 0.05) is 31.2 Å². The van der Waals surface area contributed by atoms with Crippen molar-refractivity contribution in [3.05, 3.63) is 28.8 Å². The quantitative estimate of drug-likeness (QED) is 0.807. The number of nitrogens with zero attached hydrogens (tertiary/aromatic N) is 1. The summed E-state index contributed by atoms with van der Waals surface area (Å²) in [7, 11) is 0. The Bertz CT molecular complexity index is 480.